The predicted octanol–water partition coefficient (Wildman–Crippen LogP) is 2.84. The van der Waals surface area contributed by atoms with E-state index >= 15 is 0 Å². The van der Waals surface area contributed by atoms with Crippen LogP contribution < -0.4 is 10.6 Å². The molecule has 2 aromatic carbocycles. The summed E-state index contributed by atoms with van der Waals surface area (Å²) in [6.07, 6.45) is 2.10. The van der Waals surface area contributed by atoms with Gasteiger partial charge in [-0.1, -0.05) is 29.8 Å². The molecule has 1 atom stereocenters. The highest BCUT2D eigenvalue weighted by Crippen LogP contribution is 2.41. The summed E-state index contributed by atoms with van der Waals surface area (Å²) in [5.74, 6) is -0.188. The average molecular weight is 430 g/mol. The normalized spacial score (nSPS) is 14.9. The Bertz CT molecular complexity index is 1010. The van der Waals surface area contributed by atoms with Gasteiger partial charge in [-0.2, -0.15) is 4.31 Å². The molecule has 2 N–H and O–H groups in total. The smallest absolute Gasteiger partial charge is 0.243 e. The first-order valence-electron chi connectivity index (χ1n) is 9.87. The van der Waals surface area contributed by atoms with E-state index in [1.807, 2.05) is 31.2 Å². The molecule has 1 aliphatic carbocycles. The quantitative estimate of drug-likeness (QED) is 0.675. The summed E-state index contributed by atoms with van der Waals surface area (Å²) >= 11 is 0. The standard InChI is InChI=1S/C22H27N3O4S/c1-15-4-6-17(7-5-15)22(18-8-9-18)24-21(27)14-25(3)30(28,29)20-12-10-19(11-13-20)23-16(2)26/h4-7,10-13,18,22H,8-9,14H2,1-3H3,(H,23,26)(H,24,27). The number of carbonyl (C=O) groups is 2. The molecule has 30 heavy (non-hydrogen) atoms. The first-order valence-corrected chi connectivity index (χ1v) is 11.3. The van der Waals surface area contributed by atoms with Crippen molar-refractivity contribution in [2.24, 2.45) is 5.92 Å². The van der Waals surface area contributed by atoms with Crippen LogP contribution in [0.1, 0.15) is 36.9 Å². The zero-order valence-corrected chi connectivity index (χ0v) is 18.2. The number of hydrogen-bond donors (Lipinski definition) is 2. The Balaban J connectivity index is 1.66. The molecular formula is C22H27N3O4S. The fourth-order valence-electron chi connectivity index (χ4n) is 3.28. The monoisotopic (exact) mass is 429 g/mol. The Hall–Kier alpha value is -2.71. The van der Waals surface area contributed by atoms with Gasteiger partial charge in [-0.3, -0.25) is 9.59 Å². The summed E-state index contributed by atoms with van der Waals surface area (Å²) in [5, 5.41) is 5.60. The molecule has 0 heterocycles. The zero-order chi connectivity index (χ0) is 21.9. The van der Waals surface area contributed by atoms with E-state index in [2.05, 4.69) is 10.6 Å². The van der Waals surface area contributed by atoms with Gasteiger partial charge in [0.05, 0.1) is 17.5 Å². The van der Waals surface area contributed by atoms with E-state index in [9.17, 15) is 18.0 Å². The summed E-state index contributed by atoms with van der Waals surface area (Å²) in [6, 6.07) is 13.8. The number of nitrogens with zero attached hydrogens (tertiary/aromatic N) is 1. The van der Waals surface area contributed by atoms with Gasteiger partial charge >= 0.3 is 0 Å². The molecule has 0 saturated heterocycles. The van der Waals surface area contributed by atoms with Gasteiger partial charge in [-0.15, -0.1) is 0 Å². The SMILES string of the molecule is CC(=O)Nc1ccc(S(=O)(=O)N(C)CC(=O)NC(c2ccc(C)cc2)C2CC2)cc1. The van der Waals surface area contributed by atoms with Crippen LogP contribution in [0.5, 0.6) is 0 Å². The Labute approximate surface area is 177 Å². The molecule has 0 spiro atoms. The Kier molecular flexibility index (Phi) is 6.58. The van der Waals surface area contributed by atoms with Crippen molar-refractivity contribution in [1.29, 1.82) is 0 Å². The largest absolute Gasteiger partial charge is 0.348 e. The highest BCUT2D eigenvalue weighted by molar-refractivity contribution is 7.89. The predicted molar refractivity (Wildman–Crippen MR) is 115 cm³/mol. The third-order valence-corrected chi connectivity index (χ3v) is 6.91. The second-order valence-electron chi connectivity index (χ2n) is 7.76. The number of carbonyl (C=O) groups excluding carboxylic acids is 2. The maximum Gasteiger partial charge on any atom is 0.243 e. The van der Waals surface area contributed by atoms with Gasteiger partial charge in [0.1, 0.15) is 0 Å². The van der Waals surface area contributed by atoms with Crippen molar-refractivity contribution in [2.45, 2.75) is 37.6 Å². The van der Waals surface area contributed by atoms with Crippen molar-refractivity contribution >= 4 is 27.5 Å². The molecule has 8 heteroatoms. The molecule has 3 rings (SSSR count). The van der Waals surface area contributed by atoms with Crippen LogP contribution in [-0.4, -0.2) is 38.1 Å². The topological polar surface area (TPSA) is 95.6 Å². The summed E-state index contributed by atoms with van der Waals surface area (Å²) in [7, 11) is -2.45. The van der Waals surface area contributed by atoms with Crippen LogP contribution in [0.2, 0.25) is 0 Å². The Morgan fingerprint density at radius 1 is 1.07 bits per heavy atom. The van der Waals surface area contributed by atoms with Crippen molar-refractivity contribution in [1.82, 2.24) is 9.62 Å². The lowest BCUT2D eigenvalue weighted by atomic mass is 10.0. The number of sulfonamides is 1. The van der Waals surface area contributed by atoms with Gasteiger partial charge in [-0.25, -0.2) is 8.42 Å². The summed E-state index contributed by atoms with van der Waals surface area (Å²) in [6.45, 7) is 3.12. The van der Waals surface area contributed by atoms with Gasteiger partial charge in [0.25, 0.3) is 0 Å². The van der Waals surface area contributed by atoms with Gasteiger partial charge < -0.3 is 10.6 Å². The van der Waals surface area contributed by atoms with Crippen molar-refractivity contribution in [3.05, 3.63) is 59.7 Å². The molecule has 2 aromatic rings. The van der Waals surface area contributed by atoms with Crippen LogP contribution >= 0.6 is 0 Å². The summed E-state index contributed by atoms with van der Waals surface area (Å²) in [5.41, 5.74) is 2.69. The van der Waals surface area contributed by atoms with Crippen molar-refractivity contribution in [3.8, 4) is 0 Å². The highest BCUT2D eigenvalue weighted by Gasteiger charge is 2.34. The molecule has 0 bridgehead atoms. The van der Waals surface area contributed by atoms with Crippen LogP contribution in [0.15, 0.2) is 53.4 Å². The van der Waals surface area contributed by atoms with Gasteiger partial charge in [0, 0.05) is 19.7 Å². The van der Waals surface area contributed by atoms with Gasteiger partial charge in [0.2, 0.25) is 21.8 Å². The van der Waals surface area contributed by atoms with E-state index in [0.29, 0.717) is 11.6 Å². The number of benzene rings is 2. The fourth-order valence-corrected chi connectivity index (χ4v) is 4.40. The Morgan fingerprint density at radius 2 is 1.67 bits per heavy atom. The second kappa shape index (κ2) is 8.97. The minimum atomic E-state index is -3.83. The van der Waals surface area contributed by atoms with Crippen LogP contribution in [0, 0.1) is 12.8 Å². The van der Waals surface area contributed by atoms with E-state index < -0.39 is 10.0 Å². The number of amides is 2. The molecule has 1 unspecified atom stereocenters. The molecule has 1 aliphatic rings. The fraction of sp³-hybridized carbons (Fsp3) is 0.364. The molecule has 0 radical (unpaired) electrons. The number of likely N-dealkylation sites (N-methyl/N-ethyl adjacent to an activating group) is 1. The number of aryl methyl sites for hydroxylation is 1. The third-order valence-electron chi connectivity index (χ3n) is 5.10. The molecule has 1 saturated carbocycles. The average Bonchev–Trinajstić information content (AvgIpc) is 3.52. The minimum Gasteiger partial charge on any atom is -0.348 e. The molecular weight excluding hydrogens is 402 g/mol. The number of anilines is 1. The highest BCUT2D eigenvalue weighted by atomic mass is 32.2. The van der Waals surface area contributed by atoms with Crippen LogP contribution in [-0.2, 0) is 19.6 Å². The van der Waals surface area contributed by atoms with Crippen LogP contribution in [0.25, 0.3) is 0 Å². The van der Waals surface area contributed by atoms with E-state index in [1.54, 1.807) is 0 Å². The van der Waals surface area contributed by atoms with E-state index in [4.69, 9.17) is 0 Å². The van der Waals surface area contributed by atoms with E-state index in [1.165, 1.54) is 38.2 Å². The minimum absolute atomic E-state index is 0.0594. The van der Waals surface area contributed by atoms with Crippen LogP contribution in [0.3, 0.4) is 0 Å². The maximum absolute atomic E-state index is 12.8. The number of hydrogen-bond acceptors (Lipinski definition) is 4. The lowest BCUT2D eigenvalue weighted by Crippen LogP contribution is -2.40. The van der Waals surface area contributed by atoms with Crippen LogP contribution in [0.4, 0.5) is 5.69 Å². The van der Waals surface area contributed by atoms with Gasteiger partial charge in [-0.05, 0) is 55.5 Å². The van der Waals surface area contributed by atoms with Crippen molar-refractivity contribution in [2.75, 3.05) is 18.9 Å². The molecule has 1 fully saturated rings. The maximum atomic E-state index is 12.8. The third kappa shape index (κ3) is 5.46. The molecule has 2 amide bonds. The van der Waals surface area contributed by atoms with Gasteiger partial charge in [0.15, 0.2) is 0 Å². The zero-order valence-electron chi connectivity index (χ0n) is 17.4. The molecule has 0 aromatic heterocycles. The first kappa shape index (κ1) is 22.0. The molecule has 0 aliphatic heterocycles. The lowest BCUT2D eigenvalue weighted by molar-refractivity contribution is -0.122. The number of nitrogens with one attached hydrogen (secondary N) is 2. The van der Waals surface area contributed by atoms with E-state index in [0.717, 1.165) is 28.3 Å². The Morgan fingerprint density at radius 3 is 2.20 bits per heavy atom. The molecule has 160 valence electrons. The summed E-state index contributed by atoms with van der Waals surface area (Å²) < 4.78 is 26.6. The first-order chi connectivity index (χ1) is 14.2. The lowest BCUT2D eigenvalue weighted by Gasteiger charge is -2.22. The second-order valence-corrected chi connectivity index (χ2v) is 9.80. The van der Waals surface area contributed by atoms with E-state index in [-0.39, 0.29) is 29.3 Å². The number of rotatable bonds is 8. The van der Waals surface area contributed by atoms with Crippen molar-refractivity contribution < 1.29 is 18.0 Å². The van der Waals surface area contributed by atoms with Crippen molar-refractivity contribution in [3.63, 3.8) is 0 Å². The summed E-state index contributed by atoms with van der Waals surface area (Å²) in [4.78, 5) is 23.8. The molecule has 7 nitrogen and oxygen atoms in total.